The Labute approximate surface area is 234 Å². The Balaban J connectivity index is 1.50. The Bertz CT molecular complexity index is 1590. The van der Waals surface area contributed by atoms with Gasteiger partial charge in [-0.05, 0) is 54.6 Å². The Morgan fingerprint density at radius 2 is 1.87 bits per heavy atom. The summed E-state index contributed by atoms with van der Waals surface area (Å²) in [6, 6.07) is 7.02. The second-order valence-electron chi connectivity index (χ2n) is 7.93. The predicted octanol–water partition coefficient (Wildman–Crippen LogP) is 6.00. The molecular weight excluding hydrogens is 579 g/mol. The van der Waals surface area contributed by atoms with Gasteiger partial charge >= 0.3 is 5.97 Å². The van der Waals surface area contributed by atoms with Crippen LogP contribution in [0.4, 0.5) is 10.5 Å². The number of ether oxygens (including phenoxy) is 1. The summed E-state index contributed by atoms with van der Waals surface area (Å²) < 4.78 is 10.5. The van der Waals surface area contributed by atoms with Crippen molar-refractivity contribution in [2.45, 2.75) is 13.3 Å². The molecule has 1 aliphatic heterocycles. The van der Waals surface area contributed by atoms with Crippen LogP contribution >= 0.6 is 46.6 Å². The van der Waals surface area contributed by atoms with Crippen molar-refractivity contribution < 1.29 is 28.3 Å². The number of nitrogens with zero attached hydrogens (tertiary/aromatic N) is 1. The first-order valence-electron chi connectivity index (χ1n) is 11.0. The van der Waals surface area contributed by atoms with E-state index in [0.717, 1.165) is 11.2 Å². The molecule has 4 rings (SSSR count). The summed E-state index contributed by atoms with van der Waals surface area (Å²) in [6.45, 7) is 1.45. The molecule has 0 saturated carbocycles. The summed E-state index contributed by atoms with van der Waals surface area (Å²) in [4.78, 5) is 63.7. The maximum Gasteiger partial charge on any atom is 0.339 e. The van der Waals surface area contributed by atoms with Crippen LogP contribution < -0.4 is 10.7 Å². The number of hydrogen-bond donors (Lipinski definition) is 1. The summed E-state index contributed by atoms with van der Waals surface area (Å²) in [5.41, 5.74) is -0.0992. The predicted molar refractivity (Wildman–Crippen MR) is 146 cm³/mol. The number of amides is 3. The highest BCUT2D eigenvalue weighted by Crippen LogP contribution is 2.33. The summed E-state index contributed by atoms with van der Waals surface area (Å²) >= 11 is 18.7. The molecule has 0 unspecified atom stereocenters. The van der Waals surface area contributed by atoms with Crippen molar-refractivity contribution in [2.24, 2.45) is 0 Å². The minimum atomic E-state index is -0.765. The van der Waals surface area contributed by atoms with Gasteiger partial charge < -0.3 is 14.5 Å². The number of nitrogens with one attached hydrogen (secondary N) is 1. The van der Waals surface area contributed by atoms with Crippen LogP contribution in [-0.2, 0) is 14.3 Å². The average Bonchev–Trinajstić information content (AvgIpc) is 3.12. The zero-order chi connectivity index (χ0) is 27.6. The molecule has 1 aliphatic rings. The lowest BCUT2D eigenvalue weighted by Gasteiger charge is -2.13. The van der Waals surface area contributed by atoms with Gasteiger partial charge in [-0.25, -0.2) is 4.79 Å². The van der Waals surface area contributed by atoms with Gasteiger partial charge in [-0.3, -0.25) is 24.1 Å². The molecule has 1 N–H and O–H groups in total. The van der Waals surface area contributed by atoms with E-state index in [1.807, 2.05) is 6.92 Å². The molecule has 38 heavy (non-hydrogen) atoms. The zero-order valence-corrected chi connectivity index (χ0v) is 22.6. The molecule has 0 radical (unpaired) electrons. The average molecular weight is 596 g/mol. The third kappa shape index (κ3) is 5.88. The second kappa shape index (κ2) is 11.6. The molecule has 2 heterocycles. The molecular formula is C25H17Cl3N2O7S. The van der Waals surface area contributed by atoms with Gasteiger partial charge in [-0.2, -0.15) is 0 Å². The molecule has 0 spiro atoms. The first-order valence-corrected chi connectivity index (χ1v) is 13.0. The standard InChI is InChI=1S/C25H17Cl3N2O7S/c1-2-5-36-24(34)15-9-14(3-4-17(15)27)29-20(31)10-30-23(33)19(38-25(30)35)6-12-11-37-22-16(21(12)32)7-13(26)8-18(22)28/h3-4,6-9,11H,2,5,10H2,1H3,(H,29,31)/b19-6-. The number of fused-ring (bicyclic) bond motifs is 1. The van der Waals surface area contributed by atoms with Crippen LogP contribution in [0.1, 0.15) is 29.3 Å². The SMILES string of the molecule is CCCOC(=O)c1cc(NC(=O)CN2C(=O)S/C(=C\c3coc4c(Cl)cc(Cl)cc4c3=O)C2=O)ccc1Cl. The van der Waals surface area contributed by atoms with Crippen molar-refractivity contribution in [3.63, 3.8) is 0 Å². The van der Waals surface area contributed by atoms with Crippen molar-refractivity contribution in [1.82, 2.24) is 4.90 Å². The highest BCUT2D eigenvalue weighted by molar-refractivity contribution is 8.18. The van der Waals surface area contributed by atoms with Crippen LogP contribution in [0.2, 0.25) is 15.1 Å². The van der Waals surface area contributed by atoms with E-state index in [1.165, 1.54) is 36.4 Å². The molecule has 9 nitrogen and oxygen atoms in total. The lowest BCUT2D eigenvalue weighted by atomic mass is 10.1. The van der Waals surface area contributed by atoms with E-state index < -0.39 is 35.0 Å². The van der Waals surface area contributed by atoms with Crippen LogP contribution in [0.25, 0.3) is 17.0 Å². The molecule has 1 saturated heterocycles. The monoisotopic (exact) mass is 594 g/mol. The van der Waals surface area contributed by atoms with Crippen molar-refractivity contribution in [3.8, 4) is 0 Å². The molecule has 13 heteroatoms. The van der Waals surface area contributed by atoms with Crippen LogP contribution in [0.15, 0.2) is 50.7 Å². The van der Waals surface area contributed by atoms with E-state index >= 15 is 0 Å². The fourth-order valence-corrected chi connectivity index (χ4v) is 5.00. The number of imide groups is 1. The Morgan fingerprint density at radius 3 is 2.61 bits per heavy atom. The quantitative estimate of drug-likeness (QED) is 0.261. The van der Waals surface area contributed by atoms with Crippen molar-refractivity contribution in [3.05, 3.63) is 77.9 Å². The van der Waals surface area contributed by atoms with Crippen LogP contribution in [-0.4, -0.2) is 41.1 Å². The van der Waals surface area contributed by atoms with Crippen LogP contribution in [0, 0.1) is 0 Å². The largest absolute Gasteiger partial charge is 0.462 e. The van der Waals surface area contributed by atoms with Gasteiger partial charge in [0.1, 0.15) is 12.8 Å². The number of carbonyl (C=O) groups is 4. The normalized spacial score (nSPS) is 14.4. The zero-order valence-electron chi connectivity index (χ0n) is 19.5. The lowest BCUT2D eigenvalue weighted by Crippen LogP contribution is -2.36. The van der Waals surface area contributed by atoms with E-state index in [0.29, 0.717) is 18.2 Å². The smallest absolute Gasteiger partial charge is 0.339 e. The number of esters is 1. The number of carbonyl (C=O) groups excluding carboxylic acids is 4. The summed E-state index contributed by atoms with van der Waals surface area (Å²) in [6.07, 6.45) is 2.95. The van der Waals surface area contributed by atoms with Gasteiger partial charge in [0.25, 0.3) is 11.1 Å². The number of hydrogen-bond acceptors (Lipinski definition) is 8. The van der Waals surface area contributed by atoms with E-state index in [-0.39, 0.29) is 54.4 Å². The minimum absolute atomic E-state index is 0.00515. The number of anilines is 1. The maximum absolute atomic E-state index is 12.9. The van der Waals surface area contributed by atoms with E-state index in [1.54, 1.807) is 0 Å². The number of benzene rings is 2. The van der Waals surface area contributed by atoms with Crippen molar-refractivity contribution >= 4 is 92.3 Å². The van der Waals surface area contributed by atoms with E-state index in [9.17, 15) is 24.0 Å². The van der Waals surface area contributed by atoms with Gasteiger partial charge in [0.15, 0.2) is 11.0 Å². The summed E-state index contributed by atoms with van der Waals surface area (Å²) in [5.74, 6) is -2.11. The highest BCUT2D eigenvalue weighted by atomic mass is 35.5. The Hall–Kier alpha value is -3.31. The topological polar surface area (TPSA) is 123 Å². The van der Waals surface area contributed by atoms with Gasteiger partial charge in [0.05, 0.1) is 38.1 Å². The first-order chi connectivity index (χ1) is 18.1. The van der Waals surface area contributed by atoms with E-state index in [4.69, 9.17) is 44.0 Å². The van der Waals surface area contributed by atoms with Crippen LogP contribution in [0.5, 0.6) is 0 Å². The fraction of sp³-hybridized carbons (Fsp3) is 0.160. The van der Waals surface area contributed by atoms with Gasteiger partial charge in [-0.15, -0.1) is 0 Å². The molecule has 2 aromatic carbocycles. The van der Waals surface area contributed by atoms with Crippen molar-refractivity contribution in [1.29, 1.82) is 0 Å². The Kier molecular flexibility index (Phi) is 8.47. The fourth-order valence-electron chi connectivity index (χ4n) is 3.43. The molecule has 1 aromatic heterocycles. The third-order valence-corrected chi connectivity index (χ3v) is 6.92. The molecule has 0 atom stereocenters. The first kappa shape index (κ1) is 27.7. The van der Waals surface area contributed by atoms with Crippen molar-refractivity contribution in [2.75, 3.05) is 18.5 Å². The van der Waals surface area contributed by atoms with Gasteiger partial charge in [0.2, 0.25) is 5.91 Å². The second-order valence-corrected chi connectivity index (χ2v) is 10.2. The highest BCUT2D eigenvalue weighted by Gasteiger charge is 2.36. The molecule has 0 bridgehead atoms. The van der Waals surface area contributed by atoms with Gasteiger partial charge in [0, 0.05) is 10.7 Å². The minimum Gasteiger partial charge on any atom is -0.462 e. The number of rotatable bonds is 7. The molecule has 3 aromatic rings. The molecule has 3 amide bonds. The summed E-state index contributed by atoms with van der Waals surface area (Å²) in [7, 11) is 0. The third-order valence-electron chi connectivity index (χ3n) is 5.19. The molecule has 0 aliphatic carbocycles. The number of halogens is 3. The Morgan fingerprint density at radius 1 is 1.11 bits per heavy atom. The maximum atomic E-state index is 12.9. The van der Waals surface area contributed by atoms with Crippen LogP contribution in [0.3, 0.4) is 0 Å². The summed E-state index contributed by atoms with van der Waals surface area (Å²) in [5, 5.41) is 2.44. The molecule has 1 fully saturated rings. The lowest BCUT2D eigenvalue weighted by molar-refractivity contribution is -0.127. The molecule has 196 valence electrons. The number of thioether (sulfide) groups is 1. The van der Waals surface area contributed by atoms with Gasteiger partial charge in [-0.1, -0.05) is 41.7 Å². The van der Waals surface area contributed by atoms with E-state index in [2.05, 4.69) is 5.32 Å².